The molecular formula is C17H18N2OS. The highest BCUT2D eigenvalue weighted by Crippen LogP contribution is 2.32. The fraction of sp³-hybridized carbons (Fsp3) is 0.235. The van der Waals surface area contributed by atoms with Gasteiger partial charge in [-0.25, -0.2) is 4.98 Å². The Labute approximate surface area is 128 Å². The molecule has 0 spiro atoms. The second-order valence-electron chi connectivity index (χ2n) is 4.97. The summed E-state index contributed by atoms with van der Waals surface area (Å²) >= 11 is 1.65. The molecule has 1 heterocycles. The number of thiazole rings is 1. The third-order valence-corrected chi connectivity index (χ3v) is 4.32. The summed E-state index contributed by atoms with van der Waals surface area (Å²) in [7, 11) is 0. The van der Waals surface area contributed by atoms with E-state index in [1.165, 1.54) is 11.1 Å². The lowest BCUT2D eigenvalue weighted by Gasteiger charge is -2.09. The van der Waals surface area contributed by atoms with Gasteiger partial charge in [0.05, 0.1) is 16.8 Å². The first-order chi connectivity index (χ1) is 10.2. The highest BCUT2D eigenvalue weighted by molar-refractivity contribution is 7.22. The monoisotopic (exact) mass is 298 g/mol. The minimum atomic E-state index is 0.678. The van der Waals surface area contributed by atoms with E-state index in [4.69, 9.17) is 4.74 Å². The molecule has 0 fully saturated rings. The summed E-state index contributed by atoms with van der Waals surface area (Å²) in [6.07, 6.45) is 0. The molecule has 1 aromatic heterocycles. The van der Waals surface area contributed by atoms with Gasteiger partial charge >= 0.3 is 0 Å². The van der Waals surface area contributed by atoms with Crippen LogP contribution in [-0.2, 0) is 0 Å². The van der Waals surface area contributed by atoms with Crippen LogP contribution in [0.4, 0.5) is 10.8 Å². The van der Waals surface area contributed by atoms with Gasteiger partial charge in [0, 0.05) is 5.69 Å². The first-order valence-electron chi connectivity index (χ1n) is 7.04. The van der Waals surface area contributed by atoms with Crippen molar-refractivity contribution in [2.24, 2.45) is 0 Å². The average molecular weight is 298 g/mol. The topological polar surface area (TPSA) is 34.1 Å². The second kappa shape index (κ2) is 5.74. The second-order valence-corrected chi connectivity index (χ2v) is 6.00. The standard InChI is InChI=1S/C17H18N2OS/c1-4-20-13-8-9-14-15(10-13)21-17(18-14)19-16-11(2)6-5-7-12(16)3/h5-10H,4H2,1-3H3,(H,18,19). The molecule has 0 amide bonds. The molecule has 4 heteroatoms. The zero-order valence-corrected chi connectivity index (χ0v) is 13.3. The number of aryl methyl sites for hydroxylation is 2. The number of para-hydroxylation sites is 1. The van der Waals surface area contributed by atoms with E-state index in [1.54, 1.807) is 11.3 Å². The van der Waals surface area contributed by atoms with Gasteiger partial charge in [0.15, 0.2) is 5.13 Å². The minimum Gasteiger partial charge on any atom is -0.494 e. The summed E-state index contributed by atoms with van der Waals surface area (Å²) in [5, 5.41) is 4.36. The third kappa shape index (κ3) is 2.85. The van der Waals surface area contributed by atoms with Crippen LogP contribution < -0.4 is 10.1 Å². The zero-order valence-electron chi connectivity index (χ0n) is 12.4. The van der Waals surface area contributed by atoms with Crippen LogP contribution in [0, 0.1) is 13.8 Å². The summed E-state index contributed by atoms with van der Waals surface area (Å²) in [5.74, 6) is 0.896. The van der Waals surface area contributed by atoms with E-state index in [0.717, 1.165) is 26.8 Å². The number of nitrogens with one attached hydrogen (secondary N) is 1. The first-order valence-corrected chi connectivity index (χ1v) is 7.85. The SMILES string of the molecule is CCOc1ccc2nc(Nc3c(C)cccc3C)sc2c1. The normalized spacial score (nSPS) is 10.8. The molecule has 0 aliphatic rings. The van der Waals surface area contributed by atoms with Crippen molar-refractivity contribution in [3.05, 3.63) is 47.5 Å². The molecule has 0 aliphatic heterocycles. The number of hydrogen-bond donors (Lipinski definition) is 1. The van der Waals surface area contributed by atoms with Crippen molar-refractivity contribution in [1.82, 2.24) is 4.98 Å². The van der Waals surface area contributed by atoms with Crippen LogP contribution in [0.5, 0.6) is 5.75 Å². The van der Waals surface area contributed by atoms with E-state index < -0.39 is 0 Å². The van der Waals surface area contributed by atoms with E-state index in [-0.39, 0.29) is 0 Å². The van der Waals surface area contributed by atoms with Crippen molar-refractivity contribution in [3.8, 4) is 5.75 Å². The van der Waals surface area contributed by atoms with Gasteiger partial charge in [-0.2, -0.15) is 0 Å². The number of hydrogen-bond acceptors (Lipinski definition) is 4. The van der Waals surface area contributed by atoms with Crippen molar-refractivity contribution in [2.45, 2.75) is 20.8 Å². The summed E-state index contributed by atoms with van der Waals surface area (Å²) in [5.41, 5.74) is 4.59. The Kier molecular flexibility index (Phi) is 3.80. The summed E-state index contributed by atoms with van der Waals surface area (Å²) in [6, 6.07) is 12.3. The number of nitrogens with zero attached hydrogens (tertiary/aromatic N) is 1. The van der Waals surface area contributed by atoms with Crippen molar-refractivity contribution in [2.75, 3.05) is 11.9 Å². The Bertz CT molecular complexity index is 759. The summed E-state index contributed by atoms with van der Waals surface area (Å²) in [4.78, 5) is 4.64. The predicted molar refractivity (Wildman–Crippen MR) is 90.0 cm³/mol. The van der Waals surface area contributed by atoms with Crippen LogP contribution in [0.2, 0.25) is 0 Å². The molecule has 21 heavy (non-hydrogen) atoms. The van der Waals surface area contributed by atoms with Crippen LogP contribution in [0.1, 0.15) is 18.1 Å². The van der Waals surface area contributed by atoms with Gasteiger partial charge in [0.25, 0.3) is 0 Å². The summed E-state index contributed by atoms with van der Waals surface area (Å²) in [6.45, 7) is 6.88. The molecule has 3 aromatic rings. The number of anilines is 2. The number of fused-ring (bicyclic) bond motifs is 1. The van der Waals surface area contributed by atoms with E-state index in [0.29, 0.717) is 6.61 Å². The molecule has 0 aliphatic carbocycles. The molecule has 3 rings (SSSR count). The maximum Gasteiger partial charge on any atom is 0.188 e. The number of benzene rings is 2. The van der Waals surface area contributed by atoms with E-state index in [1.807, 2.05) is 25.1 Å². The fourth-order valence-corrected chi connectivity index (χ4v) is 3.23. The number of aromatic nitrogens is 1. The van der Waals surface area contributed by atoms with Crippen LogP contribution >= 0.6 is 11.3 Å². The lowest BCUT2D eigenvalue weighted by molar-refractivity contribution is 0.341. The Morgan fingerprint density at radius 3 is 2.62 bits per heavy atom. The van der Waals surface area contributed by atoms with Crippen molar-refractivity contribution in [1.29, 1.82) is 0 Å². The molecule has 108 valence electrons. The van der Waals surface area contributed by atoms with Crippen LogP contribution in [0.25, 0.3) is 10.2 Å². The summed E-state index contributed by atoms with van der Waals surface area (Å²) < 4.78 is 6.67. The Morgan fingerprint density at radius 1 is 1.14 bits per heavy atom. The van der Waals surface area contributed by atoms with Gasteiger partial charge in [-0.1, -0.05) is 29.5 Å². The van der Waals surface area contributed by atoms with Crippen LogP contribution in [0.3, 0.4) is 0 Å². The average Bonchev–Trinajstić information content (AvgIpc) is 2.85. The lowest BCUT2D eigenvalue weighted by Crippen LogP contribution is -1.95. The number of ether oxygens (including phenoxy) is 1. The molecule has 3 nitrogen and oxygen atoms in total. The van der Waals surface area contributed by atoms with E-state index >= 15 is 0 Å². The molecule has 0 atom stereocenters. The molecule has 0 saturated heterocycles. The van der Waals surface area contributed by atoms with Crippen molar-refractivity contribution < 1.29 is 4.74 Å². The Hall–Kier alpha value is -2.07. The first kappa shape index (κ1) is 13.9. The molecule has 2 aromatic carbocycles. The van der Waals surface area contributed by atoms with Crippen molar-refractivity contribution in [3.63, 3.8) is 0 Å². The highest BCUT2D eigenvalue weighted by Gasteiger charge is 2.08. The zero-order chi connectivity index (χ0) is 14.8. The maximum atomic E-state index is 5.54. The molecule has 1 N–H and O–H groups in total. The number of rotatable bonds is 4. The molecular weight excluding hydrogens is 280 g/mol. The molecule has 0 saturated carbocycles. The smallest absolute Gasteiger partial charge is 0.188 e. The van der Waals surface area contributed by atoms with Crippen LogP contribution in [-0.4, -0.2) is 11.6 Å². The largest absolute Gasteiger partial charge is 0.494 e. The Balaban J connectivity index is 1.94. The maximum absolute atomic E-state index is 5.54. The van der Waals surface area contributed by atoms with E-state index in [9.17, 15) is 0 Å². The fourth-order valence-electron chi connectivity index (χ4n) is 2.33. The molecule has 0 bridgehead atoms. The van der Waals surface area contributed by atoms with Gasteiger partial charge in [-0.15, -0.1) is 0 Å². The van der Waals surface area contributed by atoms with Gasteiger partial charge in [0.2, 0.25) is 0 Å². The molecule has 0 unspecified atom stereocenters. The van der Waals surface area contributed by atoms with Crippen molar-refractivity contribution >= 4 is 32.4 Å². The van der Waals surface area contributed by atoms with Gasteiger partial charge in [-0.3, -0.25) is 0 Å². The third-order valence-electron chi connectivity index (χ3n) is 3.38. The minimum absolute atomic E-state index is 0.678. The van der Waals surface area contributed by atoms with Gasteiger partial charge in [0.1, 0.15) is 5.75 Å². The van der Waals surface area contributed by atoms with Gasteiger partial charge < -0.3 is 10.1 Å². The lowest BCUT2D eigenvalue weighted by atomic mass is 10.1. The molecule has 0 radical (unpaired) electrons. The quantitative estimate of drug-likeness (QED) is 0.731. The van der Waals surface area contributed by atoms with Crippen LogP contribution in [0.15, 0.2) is 36.4 Å². The highest BCUT2D eigenvalue weighted by atomic mass is 32.1. The predicted octanol–water partition coefficient (Wildman–Crippen LogP) is 5.06. The van der Waals surface area contributed by atoms with Gasteiger partial charge in [-0.05, 0) is 50.1 Å². The Morgan fingerprint density at radius 2 is 1.90 bits per heavy atom. The van der Waals surface area contributed by atoms with E-state index in [2.05, 4.69) is 42.3 Å².